The summed E-state index contributed by atoms with van der Waals surface area (Å²) in [5.74, 6) is 0.912. The Bertz CT molecular complexity index is 592. The van der Waals surface area contributed by atoms with Crippen LogP contribution in [0.15, 0.2) is 41.3 Å². The van der Waals surface area contributed by atoms with E-state index in [1.807, 2.05) is 6.07 Å². The highest BCUT2D eigenvalue weighted by atomic mass is 35.5. The van der Waals surface area contributed by atoms with E-state index in [0.29, 0.717) is 22.0 Å². The largest absolute Gasteiger partial charge is 0.497 e. The minimum atomic E-state index is -0.304. The van der Waals surface area contributed by atoms with Crippen molar-refractivity contribution in [2.75, 3.05) is 12.8 Å². The summed E-state index contributed by atoms with van der Waals surface area (Å²) in [7, 11) is 1.60. The Morgan fingerprint density at radius 1 is 1.26 bits per heavy atom. The number of benzene rings is 2. The maximum absolute atomic E-state index is 13.6. The summed E-state index contributed by atoms with van der Waals surface area (Å²) in [5, 5.41) is 0.396. The van der Waals surface area contributed by atoms with Gasteiger partial charge in [0.1, 0.15) is 11.6 Å². The predicted molar refractivity (Wildman–Crippen MR) is 78.4 cm³/mol. The molecule has 0 atom stereocenters. The van der Waals surface area contributed by atoms with E-state index in [0.717, 1.165) is 10.6 Å². The predicted octanol–water partition coefficient (Wildman–Crippen LogP) is 4.36. The Morgan fingerprint density at radius 3 is 2.74 bits per heavy atom. The molecule has 19 heavy (non-hydrogen) atoms. The van der Waals surface area contributed by atoms with Gasteiger partial charge in [-0.3, -0.25) is 0 Å². The first-order valence-corrected chi connectivity index (χ1v) is 6.96. The summed E-state index contributed by atoms with van der Waals surface area (Å²) in [6.45, 7) is 0. The van der Waals surface area contributed by atoms with Gasteiger partial charge in [-0.2, -0.15) is 0 Å². The van der Waals surface area contributed by atoms with Gasteiger partial charge in [-0.25, -0.2) is 4.39 Å². The fourth-order valence-corrected chi connectivity index (χ4v) is 2.70. The number of methoxy groups -OCH3 is 1. The lowest BCUT2D eigenvalue weighted by molar-refractivity contribution is 0.414. The number of anilines is 1. The van der Waals surface area contributed by atoms with Crippen LogP contribution in [0.1, 0.15) is 5.56 Å². The molecule has 0 unspecified atom stereocenters. The number of thioether (sulfide) groups is 1. The first-order chi connectivity index (χ1) is 9.10. The molecule has 0 saturated carbocycles. The Morgan fingerprint density at radius 2 is 2.05 bits per heavy atom. The quantitative estimate of drug-likeness (QED) is 0.672. The molecule has 2 N–H and O–H groups in total. The zero-order valence-electron chi connectivity index (χ0n) is 10.3. The molecular weight excluding hydrogens is 285 g/mol. The SMILES string of the molecule is COc1ccc(N)c(SCc2ccc(Cl)cc2F)c1. The summed E-state index contributed by atoms with van der Waals surface area (Å²) in [5.41, 5.74) is 7.13. The number of rotatable bonds is 4. The van der Waals surface area contributed by atoms with Gasteiger partial charge in [0.25, 0.3) is 0 Å². The second kappa shape index (κ2) is 6.17. The monoisotopic (exact) mass is 297 g/mol. The number of nitrogens with two attached hydrogens (primary N) is 1. The minimum absolute atomic E-state index is 0.304. The molecule has 0 aliphatic rings. The van der Waals surface area contributed by atoms with Crippen molar-refractivity contribution in [1.29, 1.82) is 0 Å². The Kier molecular flexibility index (Phi) is 4.56. The molecule has 2 aromatic carbocycles. The molecule has 0 heterocycles. The summed E-state index contributed by atoms with van der Waals surface area (Å²) < 4.78 is 18.8. The van der Waals surface area contributed by atoms with Crippen LogP contribution in [0.25, 0.3) is 0 Å². The van der Waals surface area contributed by atoms with Crippen LogP contribution in [0.3, 0.4) is 0 Å². The molecule has 0 fully saturated rings. The van der Waals surface area contributed by atoms with Crippen LogP contribution < -0.4 is 10.5 Å². The van der Waals surface area contributed by atoms with E-state index in [2.05, 4.69) is 0 Å². The van der Waals surface area contributed by atoms with Crippen molar-refractivity contribution in [3.05, 3.63) is 52.8 Å². The molecule has 0 amide bonds. The van der Waals surface area contributed by atoms with Gasteiger partial charge >= 0.3 is 0 Å². The second-order valence-electron chi connectivity index (χ2n) is 3.93. The average Bonchev–Trinajstić information content (AvgIpc) is 2.39. The Labute approximate surface area is 120 Å². The van der Waals surface area contributed by atoms with Gasteiger partial charge in [-0.15, -0.1) is 11.8 Å². The van der Waals surface area contributed by atoms with Gasteiger partial charge in [0.2, 0.25) is 0 Å². The van der Waals surface area contributed by atoms with Crippen molar-refractivity contribution < 1.29 is 9.13 Å². The summed E-state index contributed by atoms with van der Waals surface area (Å²) in [6, 6.07) is 10.1. The first kappa shape index (κ1) is 14.0. The van der Waals surface area contributed by atoms with E-state index < -0.39 is 0 Å². The number of halogens is 2. The second-order valence-corrected chi connectivity index (χ2v) is 5.38. The number of hydrogen-bond donors (Lipinski definition) is 1. The highest BCUT2D eigenvalue weighted by molar-refractivity contribution is 7.98. The molecule has 0 radical (unpaired) electrons. The topological polar surface area (TPSA) is 35.2 Å². The Balaban J connectivity index is 2.14. The zero-order valence-corrected chi connectivity index (χ0v) is 11.9. The first-order valence-electron chi connectivity index (χ1n) is 5.60. The third-order valence-electron chi connectivity index (χ3n) is 2.62. The molecule has 0 aromatic heterocycles. The van der Waals surface area contributed by atoms with Crippen molar-refractivity contribution in [3.8, 4) is 5.75 Å². The van der Waals surface area contributed by atoms with Gasteiger partial charge < -0.3 is 10.5 Å². The Hall–Kier alpha value is -1.39. The molecule has 5 heteroatoms. The van der Waals surface area contributed by atoms with Crippen molar-refractivity contribution in [1.82, 2.24) is 0 Å². The van der Waals surface area contributed by atoms with Crippen molar-refractivity contribution >= 4 is 29.1 Å². The van der Waals surface area contributed by atoms with Crippen LogP contribution in [0.5, 0.6) is 5.75 Å². The average molecular weight is 298 g/mol. The fraction of sp³-hybridized carbons (Fsp3) is 0.143. The van der Waals surface area contributed by atoms with E-state index in [4.69, 9.17) is 22.1 Å². The molecule has 0 bridgehead atoms. The maximum atomic E-state index is 13.6. The smallest absolute Gasteiger partial charge is 0.128 e. The van der Waals surface area contributed by atoms with Crippen LogP contribution in [-0.2, 0) is 5.75 Å². The summed E-state index contributed by atoms with van der Waals surface area (Å²) in [4.78, 5) is 0.869. The van der Waals surface area contributed by atoms with E-state index in [1.54, 1.807) is 31.4 Å². The van der Waals surface area contributed by atoms with Gasteiger partial charge in [0, 0.05) is 21.4 Å². The van der Waals surface area contributed by atoms with E-state index in [1.165, 1.54) is 17.8 Å². The minimum Gasteiger partial charge on any atom is -0.497 e. The van der Waals surface area contributed by atoms with Crippen LogP contribution in [0, 0.1) is 5.82 Å². The van der Waals surface area contributed by atoms with Crippen molar-refractivity contribution in [3.63, 3.8) is 0 Å². The molecule has 0 saturated heterocycles. The normalized spacial score (nSPS) is 10.5. The third kappa shape index (κ3) is 3.55. The van der Waals surface area contributed by atoms with Gasteiger partial charge in [-0.1, -0.05) is 17.7 Å². The zero-order chi connectivity index (χ0) is 13.8. The highest BCUT2D eigenvalue weighted by Crippen LogP contribution is 2.32. The summed E-state index contributed by atoms with van der Waals surface area (Å²) in [6.07, 6.45) is 0. The van der Waals surface area contributed by atoms with Crippen molar-refractivity contribution in [2.24, 2.45) is 0 Å². The van der Waals surface area contributed by atoms with E-state index in [9.17, 15) is 4.39 Å². The number of hydrogen-bond acceptors (Lipinski definition) is 3. The van der Waals surface area contributed by atoms with E-state index >= 15 is 0 Å². The molecule has 2 aromatic rings. The molecule has 100 valence electrons. The summed E-state index contributed by atoms with van der Waals surface area (Å²) >= 11 is 7.18. The van der Waals surface area contributed by atoms with Gasteiger partial charge in [0.15, 0.2) is 0 Å². The highest BCUT2D eigenvalue weighted by Gasteiger charge is 2.07. The maximum Gasteiger partial charge on any atom is 0.128 e. The van der Waals surface area contributed by atoms with Crippen LogP contribution in [0.2, 0.25) is 5.02 Å². The standard InChI is InChI=1S/C14H13ClFNOS/c1-18-11-4-5-13(17)14(7-11)19-8-9-2-3-10(15)6-12(9)16/h2-7H,8,17H2,1H3. The van der Waals surface area contributed by atoms with Crippen molar-refractivity contribution in [2.45, 2.75) is 10.6 Å². The van der Waals surface area contributed by atoms with E-state index in [-0.39, 0.29) is 5.82 Å². The molecule has 2 rings (SSSR count). The molecular formula is C14H13ClFNOS. The fourth-order valence-electron chi connectivity index (χ4n) is 1.56. The lowest BCUT2D eigenvalue weighted by Gasteiger charge is -2.08. The van der Waals surface area contributed by atoms with Crippen LogP contribution in [0.4, 0.5) is 10.1 Å². The lowest BCUT2D eigenvalue weighted by Crippen LogP contribution is -1.92. The molecule has 0 aliphatic carbocycles. The lowest BCUT2D eigenvalue weighted by atomic mass is 10.2. The van der Waals surface area contributed by atoms with Crippen LogP contribution >= 0.6 is 23.4 Å². The number of nitrogen functional groups attached to an aromatic ring is 1. The molecule has 0 aliphatic heterocycles. The van der Waals surface area contributed by atoms with Gasteiger partial charge in [-0.05, 0) is 35.9 Å². The van der Waals surface area contributed by atoms with Crippen LogP contribution in [-0.4, -0.2) is 7.11 Å². The third-order valence-corrected chi connectivity index (χ3v) is 3.97. The molecule has 0 spiro atoms. The van der Waals surface area contributed by atoms with Gasteiger partial charge in [0.05, 0.1) is 7.11 Å². The molecule has 2 nitrogen and oxygen atoms in total. The number of ether oxygens (including phenoxy) is 1.